The minimum Gasteiger partial charge on any atom is -0.436 e. The smallest absolute Gasteiger partial charge is 0.219 e. The Hall–Kier alpha value is -3.48. The van der Waals surface area contributed by atoms with E-state index in [1.54, 1.807) is 18.5 Å². The summed E-state index contributed by atoms with van der Waals surface area (Å²) in [6.07, 6.45) is 4.03. The molecule has 4 heterocycles. The highest BCUT2D eigenvalue weighted by Gasteiger charge is 2.23. The Morgan fingerprint density at radius 3 is 2.89 bits per heavy atom. The predicted molar refractivity (Wildman–Crippen MR) is 105 cm³/mol. The summed E-state index contributed by atoms with van der Waals surface area (Å²) >= 11 is 0. The zero-order valence-electron chi connectivity index (χ0n) is 15.5. The maximum Gasteiger partial charge on any atom is 0.219 e. The second-order valence-electron chi connectivity index (χ2n) is 6.87. The third-order valence-corrected chi connectivity index (χ3v) is 5.00. The number of aromatic nitrogens is 4. The van der Waals surface area contributed by atoms with E-state index in [-0.39, 0.29) is 11.6 Å². The molecule has 1 aliphatic rings. The first kappa shape index (κ1) is 16.7. The predicted octanol–water partition coefficient (Wildman–Crippen LogP) is 4.24. The molecule has 0 fully saturated rings. The van der Waals surface area contributed by atoms with Crippen molar-refractivity contribution < 1.29 is 9.13 Å². The van der Waals surface area contributed by atoms with E-state index in [0.717, 1.165) is 33.7 Å². The molecule has 6 nitrogen and oxygen atoms in total. The van der Waals surface area contributed by atoms with Crippen LogP contribution in [-0.4, -0.2) is 26.1 Å². The fourth-order valence-electron chi connectivity index (χ4n) is 3.72. The van der Waals surface area contributed by atoms with E-state index in [0.29, 0.717) is 24.4 Å². The van der Waals surface area contributed by atoms with Gasteiger partial charge in [0.1, 0.15) is 17.8 Å². The maximum atomic E-state index is 15.4. The summed E-state index contributed by atoms with van der Waals surface area (Å²) in [5, 5.41) is 4.21. The number of hydrogen-bond donors (Lipinski definition) is 1. The molecule has 0 spiro atoms. The number of hydrogen-bond acceptors (Lipinski definition) is 5. The summed E-state index contributed by atoms with van der Waals surface area (Å²) in [6, 6.07) is 9.00. The van der Waals surface area contributed by atoms with Gasteiger partial charge in [-0.2, -0.15) is 0 Å². The third-order valence-electron chi connectivity index (χ3n) is 5.00. The average molecular weight is 375 g/mol. The number of nitrogens with one attached hydrogen (secondary N) is 1. The number of pyridine rings is 1. The molecule has 0 atom stereocenters. The highest BCUT2D eigenvalue weighted by molar-refractivity contribution is 6.02. The van der Waals surface area contributed by atoms with Gasteiger partial charge in [0.25, 0.3) is 0 Å². The van der Waals surface area contributed by atoms with Crippen LogP contribution >= 0.6 is 0 Å². The second kappa shape index (κ2) is 6.30. The summed E-state index contributed by atoms with van der Waals surface area (Å²) < 4.78 is 23.1. The molecular formula is C21H18FN5O. The first-order chi connectivity index (χ1) is 13.6. The van der Waals surface area contributed by atoms with Crippen LogP contribution in [0.15, 0.2) is 42.9 Å². The van der Waals surface area contributed by atoms with E-state index in [4.69, 9.17) is 4.74 Å². The number of aryl methyl sites for hydroxylation is 2. The van der Waals surface area contributed by atoms with Crippen molar-refractivity contribution in [1.29, 1.82) is 0 Å². The van der Waals surface area contributed by atoms with E-state index in [9.17, 15) is 0 Å². The second-order valence-corrected chi connectivity index (χ2v) is 6.87. The van der Waals surface area contributed by atoms with Crippen molar-refractivity contribution in [2.45, 2.75) is 13.3 Å². The molecule has 0 aliphatic carbocycles. The van der Waals surface area contributed by atoms with Crippen LogP contribution in [0.4, 0.5) is 10.2 Å². The van der Waals surface area contributed by atoms with E-state index in [1.165, 1.54) is 0 Å². The van der Waals surface area contributed by atoms with Gasteiger partial charge < -0.3 is 14.6 Å². The SMILES string of the molecule is Cc1cccc(Oc2ccc3c(c2F)CCNc2ncnc4c2c-3cn4C)n1. The lowest BCUT2D eigenvalue weighted by Gasteiger charge is -2.18. The summed E-state index contributed by atoms with van der Waals surface area (Å²) in [7, 11) is 1.93. The van der Waals surface area contributed by atoms with Crippen molar-refractivity contribution in [1.82, 2.24) is 19.5 Å². The molecular weight excluding hydrogens is 357 g/mol. The molecule has 0 radical (unpaired) electrons. The Bertz CT molecular complexity index is 1220. The van der Waals surface area contributed by atoms with Gasteiger partial charge in [0, 0.05) is 42.7 Å². The van der Waals surface area contributed by atoms with Crippen molar-refractivity contribution in [2.75, 3.05) is 11.9 Å². The van der Waals surface area contributed by atoms with Crippen LogP contribution in [0.3, 0.4) is 0 Å². The number of anilines is 1. The third kappa shape index (κ3) is 2.58. The molecule has 5 rings (SSSR count). The first-order valence-corrected chi connectivity index (χ1v) is 9.09. The molecule has 0 unspecified atom stereocenters. The number of nitrogens with zero attached hydrogens (tertiary/aromatic N) is 4. The zero-order valence-corrected chi connectivity index (χ0v) is 15.5. The lowest BCUT2D eigenvalue weighted by Crippen LogP contribution is -2.11. The molecule has 3 aromatic heterocycles. The molecule has 140 valence electrons. The zero-order chi connectivity index (χ0) is 19.3. The van der Waals surface area contributed by atoms with Gasteiger partial charge in [-0.05, 0) is 31.0 Å². The summed E-state index contributed by atoms with van der Waals surface area (Å²) in [4.78, 5) is 13.0. The molecule has 0 saturated carbocycles. The quantitative estimate of drug-likeness (QED) is 0.568. The van der Waals surface area contributed by atoms with Gasteiger partial charge >= 0.3 is 0 Å². The topological polar surface area (TPSA) is 64.9 Å². The van der Waals surface area contributed by atoms with Gasteiger partial charge in [0.05, 0.1) is 5.39 Å². The Balaban J connectivity index is 1.67. The van der Waals surface area contributed by atoms with E-state index in [1.807, 2.05) is 42.9 Å². The Morgan fingerprint density at radius 1 is 1.14 bits per heavy atom. The van der Waals surface area contributed by atoms with Crippen LogP contribution in [0, 0.1) is 12.7 Å². The molecule has 1 aliphatic heterocycles. The lowest BCUT2D eigenvalue weighted by atomic mass is 9.95. The largest absolute Gasteiger partial charge is 0.436 e. The standard InChI is InChI=1S/C21H18FN5O/c1-12-4-3-5-17(26-12)28-16-7-6-13-14(19(16)22)8-9-23-20-18-15(13)10-27(2)21(18)25-11-24-20/h3-7,10-11H,8-9H2,1-2H3,(H,23,24,25). The van der Waals surface area contributed by atoms with Crippen molar-refractivity contribution >= 4 is 16.9 Å². The van der Waals surface area contributed by atoms with E-state index < -0.39 is 0 Å². The lowest BCUT2D eigenvalue weighted by molar-refractivity contribution is 0.424. The van der Waals surface area contributed by atoms with Crippen LogP contribution in [0.5, 0.6) is 11.6 Å². The number of halogens is 1. The van der Waals surface area contributed by atoms with Gasteiger partial charge in [0.15, 0.2) is 11.6 Å². The molecule has 1 aromatic carbocycles. The minimum absolute atomic E-state index is 0.175. The van der Waals surface area contributed by atoms with Crippen molar-refractivity contribution in [2.24, 2.45) is 7.05 Å². The van der Waals surface area contributed by atoms with E-state index >= 15 is 4.39 Å². The Labute approximate surface area is 161 Å². The summed E-state index contributed by atoms with van der Waals surface area (Å²) in [5.41, 5.74) is 3.99. The molecule has 0 amide bonds. The number of rotatable bonds is 2. The van der Waals surface area contributed by atoms with E-state index in [2.05, 4.69) is 20.3 Å². The average Bonchev–Trinajstić information content (AvgIpc) is 3.01. The Morgan fingerprint density at radius 2 is 2.04 bits per heavy atom. The number of ether oxygens (including phenoxy) is 1. The monoisotopic (exact) mass is 375 g/mol. The van der Waals surface area contributed by atoms with Gasteiger partial charge in [-0.1, -0.05) is 12.1 Å². The van der Waals surface area contributed by atoms with Crippen LogP contribution < -0.4 is 10.1 Å². The number of benzene rings is 1. The van der Waals surface area contributed by atoms with Gasteiger partial charge in [-0.15, -0.1) is 0 Å². The summed E-state index contributed by atoms with van der Waals surface area (Å²) in [5.74, 6) is 0.966. The fraction of sp³-hybridized carbons (Fsp3) is 0.190. The fourth-order valence-corrected chi connectivity index (χ4v) is 3.72. The molecule has 1 N–H and O–H groups in total. The molecule has 0 saturated heterocycles. The highest BCUT2D eigenvalue weighted by atomic mass is 19.1. The van der Waals surface area contributed by atoms with Gasteiger partial charge in [-0.3, -0.25) is 0 Å². The minimum atomic E-state index is -0.361. The Kier molecular flexibility index (Phi) is 3.75. The molecule has 4 aromatic rings. The highest BCUT2D eigenvalue weighted by Crippen LogP contribution is 2.40. The van der Waals surface area contributed by atoms with Crippen LogP contribution in [0.2, 0.25) is 0 Å². The first-order valence-electron chi connectivity index (χ1n) is 9.09. The normalized spacial score (nSPS) is 12.8. The maximum absolute atomic E-state index is 15.4. The molecule has 28 heavy (non-hydrogen) atoms. The van der Waals surface area contributed by atoms with Gasteiger partial charge in [0.2, 0.25) is 5.88 Å². The van der Waals surface area contributed by atoms with Crippen molar-refractivity contribution in [3.8, 4) is 22.8 Å². The number of fused-ring (bicyclic) bond motifs is 2. The molecule has 7 heteroatoms. The van der Waals surface area contributed by atoms with Crippen LogP contribution in [-0.2, 0) is 13.5 Å². The van der Waals surface area contributed by atoms with Gasteiger partial charge in [-0.25, -0.2) is 19.3 Å². The van der Waals surface area contributed by atoms with Crippen molar-refractivity contribution in [3.63, 3.8) is 0 Å². The molecule has 0 bridgehead atoms. The van der Waals surface area contributed by atoms with Crippen LogP contribution in [0.25, 0.3) is 22.2 Å². The van der Waals surface area contributed by atoms with Crippen LogP contribution in [0.1, 0.15) is 11.3 Å². The summed E-state index contributed by atoms with van der Waals surface area (Å²) in [6.45, 7) is 2.44. The van der Waals surface area contributed by atoms with Crippen molar-refractivity contribution in [3.05, 3.63) is 59.9 Å².